The third-order valence-electron chi connectivity index (χ3n) is 6.04. The SMILES string of the molecule is CC(C)(C)c1ccc(C(=O)OC(=O)c2ccc(C(C)(C)C)cc2)cc1.P.c1ccc(-c2ccccc2)cc1. The molecule has 1 atom stereocenters. The maximum Gasteiger partial charge on any atom is 0.346 e. The Bertz CT molecular complexity index is 1190. The first kappa shape index (κ1) is 30.7. The van der Waals surface area contributed by atoms with E-state index in [-0.39, 0.29) is 20.7 Å². The van der Waals surface area contributed by atoms with Gasteiger partial charge in [0.25, 0.3) is 0 Å². The molecule has 198 valence electrons. The van der Waals surface area contributed by atoms with Crippen LogP contribution >= 0.6 is 9.90 Å². The van der Waals surface area contributed by atoms with Gasteiger partial charge in [0.15, 0.2) is 0 Å². The first-order valence-corrected chi connectivity index (χ1v) is 12.5. The minimum Gasteiger partial charge on any atom is -0.386 e. The normalized spacial score (nSPS) is 10.9. The van der Waals surface area contributed by atoms with E-state index in [1.54, 1.807) is 24.3 Å². The lowest BCUT2D eigenvalue weighted by atomic mass is 9.87. The van der Waals surface area contributed by atoms with Crippen LogP contribution in [0.25, 0.3) is 11.1 Å². The third kappa shape index (κ3) is 8.78. The lowest BCUT2D eigenvalue weighted by Crippen LogP contribution is -2.15. The number of hydrogen-bond acceptors (Lipinski definition) is 3. The van der Waals surface area contributed by atoms with Crippen molar-refractivity contribution in [1.29, 1.82) is 0 Å². The van der Waals surface area contributed by atoms with Gasteiger partial charge in [0.1, 0.15) is 0 Å². The van der Waals surface area contributed by atoms with Crippen molar-refractivity contribution in [2.75, 3.05) is 0 Å². The van der Waals surface area contributed by atoms with E-state index < -0.39 is 11.9 Å². The van der Waals surface area contributed by atoms with Crippen LogP contribution in [0.5, 0.6) is 0 Å². The summed E-state index contributed by atoms with van der Waals surface area (Å²) in [5.74, 6) is -1.27. The van der Waals surface area contributed by atoms with Gasteiger partial charge in [-0.3, -0.25) is 0 Å². The highest BCUT2D eigenvalue weighted by molar-refractivity contribution is 6.92. The molecule has 0 aromatic heterocycles. The first-order valence-electron chi connectivity index (χ1n) is 12.5. The van der Waals surface area contributed by atoms with Crippen molar-refractivity contribution >= 4 is 21.8 Å². The van der Waals surface area contributed by atoms with Crippen molar-refractivity contribution in [1.82, 2.24) is 0 Å². The first-order chi connectivity index (χ1) is 17.4. The van der Waals surface area contributed by atoms with Gasteiger partial charge >= 0.3 is 11.9 Å². The van der Waals surface area contributed by atoms with Gasteiger partial charge in [-0.1, -0.05) is 126 Å². The Kier molecular flexibility index (Phi) is 10.7. The summed E-state index contributed by atoms with van der Waals surface area (Å²) in [4.78, 5) is 24.3. The number of carbonyl (C=O) groups is 2. The van der Waals surface area contributed by atoms with E-state index in [1.165, 1.54) is 11.1 Å². The Morgan fingerprint density at radius 2 is 0.763 bits per heavy atom. The highest BCUT2D eigenvalue weighted by Crippen LogP contribution is 2.24. The molecule has 1 unspecified atom stereocenters. The van der Waals surface area contributed by atoms with E-state index in [9.17, 15) is 9.59 Å². The Balaban J connectivity index is 0.000000325. The third-order valence-corrected chi connectivity index (χ3v) is 6.04. The fourth-order valence-corrected chi connectivity index (χ4v) is 3.68. The molecule has 38 heavy (non-hydrogen) atoms. The van der Waals surface area contributed by atoms with Crippen LogP contribution in [0, 0.1) is 0 Å². The molecule has 0 radical (unpaired) electrons. The Labute approximate surface area is 230 Å². The summed E-state index contributed by atoms with van der Waals surface area (Å²) in [5.41, 5.74) is 5.54. The molecule has 0 N–H and O–H groups in total. The summed E-state index contributed by atoms with van der Waals surface area (Å²) in [6, 6.07) is 35.1. The van der Waals surface area contributed by atoms with Crippen LogP contribution in [0.2, 0.25) is 0 Å². The molecule has 0 aliphatic heterocycles. The number of hydrogen-bond donors (Lipinski definition) is 0. The number of esters is 2. The number of ether oxygens (including phenoxy) is 1. The van der Waals surface area contributed by atoms with Crippen LogP contribution in [-0.2, 0) is 15.6 Å². The topological polar surface area (TPSA) is 43.4 Å². The van der Waals surface area contributed by atoms with Crippen LogP contribution in [-0.4, -0.2) is 11.9 Å². The Hall–Kier alpha value is -3.55. The Morgan fingerprint density at radius 3 is 1.03 bits per heavy atom. The zero-order valence-electron chi connectivity index (χ0n) is 23.3. The standard InChI is InChI=1S/C22H26O3.C12H10.H3P/c1-21(2,3)17-11-7-15(8-12-17)19(23)25-20(24)16-9-13-18(14-10-16)22(4,5)6;1-3-7-11(8-4-1)12-9-5-2-6-10-12;/h7-14H,1-6H3;1-10H;1H3. The molecule has 3 nitrogen and oxygen atoms in total. The van der Waals surface area contributed by atoms with Gasteiger partial charge in [-0.25, -0.2) is 9.59 Å². The van der Waals surface area contributed by atoms with E-state index >= 15 is 0 Å². The summed E-state index contributed by atoms with van der Waals surface area (Å²) in [6.45, 7) is 12.6. The van der Waals surface area contributed by atoms with Crippen LogP contribution < -0.4 is 0 Å². The summed E-state index contributed by atoms with van der Waals surface area (Å²) in [7, 11) is 0. The molecule has 0 saturated heterocycles. The maximum absolute atomic E-state index is 12.2. The zero-order valence-corrected chi connectivity index (χ0v) is 24.7. The second-order valence-corrected chi connectivity index (χ2v) is 11.1. The average Bonchev–Trinajstić information content (AvgIpc) is 2.89. The van der Waals surface area contributed by atoms with Crippen LogP contribution in [0.4, 0.5) is 0 Å². The Morgan fingerprint density at radius 1 is 0.474 bits per heavy atom. The average molecular weight is 527 g/mol. The van der Waals surface area contributed by atoms with E-state index in [0.29, 0.717) is 11.1 Å². The van der Waals surface area contributed by atoms with Crippen molar-refractivity contribution < 1.29 is 14.3 Å². The van der Waals surface area contributed by atoms with Crippen molar-refractivity contribution in [2.45, 2.75) is 52.4 Å². The number of carbonyl (C=O) groups excluding carboxylic acids is 2. The van der Waals surface area contributed by atoms with E-state index in [4.69, 9.17) is 4.74 Å². The maximum atomic E-state index is 12.2. The predicted molar refractivity (Wildman–Crippen MR) is 163 cm³/mol. The molecule has 4 aromatic carbocycles. The van der Waals surface area contributed by atoms with Crippen molar-refractivity contribution in [3.8, 4) is 11.1 Å². The quantitative estimate of drug-likeness (QED) is 0.152. The largest absolute Gasteiger partial charge is 0.386 e. The molecule has 0 bridgehead atoms. The van der Waals surface area contributed by atoms with Crippen molar-refractivity contribution in [3.05, 3.63) is 131 Å². The fourth-order valence-electron chi connectivity index (χ4n) is 3.68. The van der Waals surface area contributed by atoms with E-state index in [1.807, 2.05) is 36.4 Å². The molecule has 0 aliphatic rings. The minimum absolute atomic E-state index is 0. The molecule has 0 heterocycles. The van der Waals surface area contributed by atoms with Gasteiger partial charge in [-0.05, 0) is 57.3 Å². The monoisotopic (exact) mass is 526 g/mol. The highest BCUT2D eigenvalue weighted by Gasteiger charge is 2.19. The molecule has 4 rings (SSSR count). The summed E-state index contributed by atoms with van der Waals surface area (Å²) in [5, 5.41) is 0. The van der Waals surface area contributed by atoms with Crippen molar-refractivity contribution in [3.63, 3.8) is 0 Å². The summed E-state index contributed by atoms with van der Waals surface area (Å²) < 4.78 is 5.00. The van der Waals surface area contributed by atoms with Crippen LogP contribution in [0.15, 0.2) is 109 Å². The van der Waals surface area contributed by atoms with E-state index in [0.717, 1.165) is 11.1 Å². The minimum atomic E-state index is -0.634. The molecular formula is C34H39O3P. The van der Waals surface area contributed by atoms with Gasteiger partial charge < -0.3 is 4.74 Å². The van der Waals surface area contributed by atoms with Gasteiger partial charge in [0.2, 0.25) is 0 Å². The number of rotatable bonds is 3. The zero-order chi connectivity index (χ0) is 27.1. The van der Waals surface area contributed by atoms with Gasteiger partial charge in [0, 0.05) is 0 Å². The van der Waals surface area contributed by atoms with Crippen LogP contribution in [0.3, 0.4) is 0 Å². The predicted octanol–water partition coefficient (Wildman–Crippen LogP) is 8.69. The molecule has 0 amide bonds. The van der Waals surface area contributed by atoms with Gasteiger partial charge in [-0.2, -0.15) is 9.90 Å². The molecule has 0 aliphatic carbocycles. The van der Waals surface area contributed by atoms with E-state index in [2.05, 4.69) is 90.1 Å². The lowest BCUT2D eigenvalue weighted by molar-refractivity contribution is 0.0397. The molecule has 0 saturated carbocycles. The fraction of sp³-hybridized carbons (Fsp3) is 0.235. The second-order valence-electron chi connectivity index (χ2n) is 11.1. The van der Waals surface area contributed by atoms with Gasteiger partial charge in [0.05, 0.1) is 11.1 Å². The molecular weight excluding hydrogens is 487 g/mol. The molecule has 0 spiro atoms. The highest BCUT2D eigenvalue weighted by atomic mass is 31.0. The summed E-state index contributed by atoms with van der Waals surface area (Å²) in [6.07, 6.45) is 0. The smallest absolute Gasteiger partial charge is 0.346 e. The molecule has 4 aromatic rings. The van der Waals surface area contributed by atoms with Gasteiger partial charge in [-0.15, -0.1) is 0 Å². The number of benzene rings is 4. The molecule has 0 fully saturated rings. The second kappa shape index (κ2) is 13.3. The summed E-state index contributed by atoms with van der Waals surface area (Å²) >= 11 is 0. The molecule has 4 heteroatoms. The lowest BCUT2D eigenvalue weighted by Gasteiger charge is -2.19. The van der Waals surface area contributed by atoms with Crippen LogP contribution in [0.1, 0.15) is 73.4 Å². The van der Waals surface area contributed by atoms with Crippen molar-refractivity contribution in [2.24, 2.45) is 0 Å².